The van der Waals surface area contributed by atoms with Crippen molar-refractivity contribution in [3.63, 3.8) is 0 Å². The molecule has 0 spiro atoms. The first-order chi connectivity index (χ1) is 14.1. The Hall–Kier alpha value is -3.48. The van der Waals surface area contributed by atoms with Crippen LogP contribution >= 0.6 is 0 Å². The Labute approximate surface area is 168 Å². The van der Waals surface area contributed by atoms with E-state index in [9.17, 15) is 14.4 Å². The molecular formula is C22H21N3O4. The van der Waals surface area contributed by atoms with E-state index in [0.717, 1.165) is 25.0 Å². The average molecular weight is 391 g/mol. The third-order valence-corrected chi connectivity index (χ3v) is 5.24. The van der Waals surface area contributed by atoms with E-state index in [2.05, 4.69) is 5.32 Å². The van der Waals surface area contributed by atoms with Crippen molar-refractivity contribution in [3.05, 3.63) is 54.1 Å². The lowest BCUT2D eigenvalue weighted by molar-refractivity contribution is -0.123. The number of methoxy groups -OCH3 is 1. The zero-order valence-corrected chi connectivity index (χ0v) is 16.1. The van der Waals surface area contributed by atoms with Crippen LogP contribution < -0.4 is 10.2 Å². The molecule has 4 rings (SSSR count). The quantitative estimate of drug-likeness (QED) is 0.810. The SMILES string of the molecule is COC(=O)c1ccccc1NC(=O)CN1C(=O)C2CCCC2=Nc2ccccc21. The Bertz CT molecular complexity index is 1010. The lowest BCUT2D eigenvalue weighted by Gasteiger charge is -2.24. The molecule has 1 fully saturated rings. The molecule has 1 N–H and O–H groups in total. The van der Waals surface area contributed by atoms with Gasteiger partial charge in [0.05, 0.1) is 35.7 Å². The van der Waals surface area contributed by atoms with E-state index in [1.165, 1.54) is 12.0 Å². The molecule has 1 aliphatic carbocycles. The fourth-order valence-corrected chi connectivity index (χ4v) is 3.85. The first-order valence-electron chi connectivity index (χ1n) is 9.53. The van der Waals surface area contributed by atoms with E-state index in [1.54, 1.807) is 30.3 Å². The van der Waals surface area contributed by atoms with E-state index in [4.69, 9.17) is 9.73 Å². The number of ether oxygens (including phenoxy) is 1. The molecule has 0 bridgehead atoms. The molecule has 2 aromatic rings. The molecule has 1 aliphatic heterocycles. The summed E-state index contributed by atoms with van der Waals surface area (Å²) in [5.41, 5.74) is 2.81. The van der Waals surface area contributed by atoms with Gasteiger partial charge >= 0.3 is 5.97 Å². The van der Waals surface area contributed by atoms with Gasteiger partial charge in [0.15, 0.2) is 0 Å². The molecule has 7 heteroatoms. The molecule has 2 aliphatic rings. The predicted octanol–water partition coefficient (Wildman–Crippen LogP) is 3.33. The molecule has 1 heterocycles. The summed E-state index contributed by atoms with van der Waals surface area (Å²) < 4.78 is 4.77. The van der Waals surface area contributed by atoms with Crippen LogP contribution in [0.3, 0.4) is 0 Å². The van der Waals surface area contributed by atoms with Crippen LogP contribution in [0.25, 0.3) is 0 Å². The number of hydrogen-bond donors (Lipinski definition) is 1. The number of rotatable bonds is 4. The number of anilines is 2. The molecular weight excluding hydrogens is 370 g/mol. The van der Waals surface area contributed by atoms with Crippen LogP contribution in [-0.2, 0) is 14.3 Å². The summed E-state index contributed by atoms with van der Waals surface area (Å²) in [6, 6.07) is 14.0. The van der Waals surface area contributed by atoms with Crippen molar-refractivity contribution in [3.8, 4) is 0 Å². The minimum atomic E-state index is -0.541. The molecule has 7 nitrogen and oxygen atoms in total. The standard InChI is InChI=1S/C22H21N3O4/c1-29-22(28)15-7-2-3-9-17(15)24-20(26)13-25-19-12-5-4-10-18(19)23-16-11-6-8-14(16)21(25)27/h2-5,7,9-10,12,14H,6,8,11,13H2,1H3,(H,24,26). The van der Waals surface area contributed by atoms with Crippen LogP contribution in [0.5, 0.6) is 0 Å². The van der Waals surface area contributed by atoms with E-state index in [1.807, 2.05) is 18.2 Å². The Kier molecular flexibility index (Phi) is 5.12. The van der Waals surface area contributed by atoms with E-state index in [0.29, 0.717) is 17.1 Å². The highest BCUT2D eigenvalue weighted by Crippen LogP contribution is 2.37. The summed E-state index contributed by atoms with van der Waals surface area (Å²) >= 11 is 0. The lowest BCUT2D eigenvalue weighted by atomic mass is 10.1. The number of benzene rings is 2. The van der Waals surface area contributed by atoms with Crippen LogP contribution in [-0.4, -0.2) is 37.1 Å². The van der Waals surface area contributed by atoms with Gasteiger partial charge in [-0.05, 0) is 43.5 Å². The Morgan fingerprint density at radius 3 is 2.76 bits per heavy atom. The molecule has 1 atom stereocenters. The van der Waals surface area contributed by atoms with Gasteiger partial charge in [-0.2, -0.15) is 0 Å². The van der Waals surface area contributed by atoms with Crippen LogP contribution in [0, 0.1) is 5.92 Å². The number of amides is 2. The molecule has 29 heavy (non-hydrogen) atoms. The summed E-state index contributed by atoms with van der Waals surface area (Å²) in [4.78, 5) is 44.1. The maximum Gasteiger partial charge on any atom is 0.339 e. The maximum atomic E-state index is 13.2. The number of carbonyl (C=O) groups is 3. The highest BCUT2D eigenvalue weighted by molar-refractivity contribution is 6.17. The van der Waals surface area contributed by atoms with Crippen LogP contribution in [0.2, 0.25) is 0 Å². The van der Waals surface area contributed by atoms with Crippen molar-refractivity contribution in [1.29, 1.82) is 0 Å². The molecule has 2 amide bonds. The van der Waals surface area contributed by atoms with Crippen LogP contribution in [0.1, 0.15) is 29.6 Å². The van der Waals surface area contributed by atoms with E-state index >= 15 is 0 Å². The van der Waals surface area contributed by atoms with Crippen molar-refractivity contribution in [2.24, 2.45) is 10.9 Å². The number of carbonyl (C=O) groups excluding carboxylic acids is 3. The Morgan fingerprint density at radius 1 is 1.17 bits per heavy atom. The summed E-state index contributed by atoms with van der Waals surface area (Å²) in [7, 11) is 1.28. The van der Waals surface area contributed by atoms with E-state index < -0.39 is 11.9 Å². The van der Waals surface area contributed by atoms with Gasteiger partial charge in [0.25, 0.3) is 0 Å². The lowest BCUT2D eigenvalue weighted by Crippen LogP contribution is -2.42. The van der Waals surface area contributed by atoms with Gasteiger partial charge in [0.2, 0.25) is 11.8 Å². The fourth-order valence-electron chi connectivity index (χ4n) is 3.85. The number of hydrogen-bond acceptors (Lipinski definition) is 5. The van der Waals surface area contributed by atoms with Gasteiger partial charge in [0.1, 0.15) is 6.54 Å². The number of fused-ring (bicyclic) bond motifs is 2. The third kappa shape index (κ3) is 3.63. The monoisotopic (exact) mass is 391 g/mol. The first-order valence-corrected chi connectivity index (χ1v) is 9.53. The fraction of sp³-hybridized carbons (Fsp3) is 0.273. The van der Waals surface area contributed by atoms with Crippen molar-refractivity contribution in [2.75, 3.05) is 23.9 Å². The highest BCUT2D eigenvalue weighted by Gasteiger charge is 2.37. The second-order valence-electron chi connectivity index (χ2n) is 7.05. The zero-order valence-electron chi connectivity index (χ0n) is 16.1. The third-order valence-electron chi connectivity index (χ3n) is 5.24. The summed E-state index contributed by atoms with van der Waals surface area (Å²) in [6.45, 7) is -0.162. The molecule has 0 aromatic heterocycles. The van der Waals surface area contributed by atoms with Crippen molar-refractivity contribution < 1.29 is 19.1 Å². The van der Waals surface area contributed by atoms with Gasteiger partial charge in [-0.1, -0.05) is 24.3 Å². The van der Waals surface area contributed by atoms with Gasteiger partial charge in [-0.3, -0.25) is 14.6 Å². The second kappa shape index (κ2) is 7.87. The zero-order chi connectivity index (χ0) is 20.4. The van der Waals surface area contributed by atoms with Gasteiger partial charge in [-0.25, -0.2) is 4.79 Å². The molecule has 2 aromatic carbocycles. The summed E-state index contributed by atoms with van der Waals surface area (Å²) in [5, 5.41) is 2.73. The largest absolute Gasteiger partial charge is 0.465 e. The predicted molar refractivity (Wildman–Crippen MR) is 110 cm³/mol. The number of nitrogens with zero attached hydrogens (tertiary/aromatic N) is 2. The number of nitrogens with one attached hydrogen (secondary N) is 1. The van der Waals surface area contributed by atoms with Gasteiger partial charge in [0, 0.05) is 5.71 Å². The number of esters is 1. The molecule has 0 saturated heterocycles. The molecule has 1 unspecified atom stereocenters. The van der Waals surface area contributed by atoms with Crippen molar-refractivity contribution in [2.45, 2.75) is 19.3 Å². The smallest absolute Gasteiger partial charge is 0.339 e. The highest BCUT2D eigenvalue weighted by atomic mass is 16.5. The average Bonchev–Trinajstić information content (AvgIpc) is 3.16. The second-order valence-corrected chi connectivity index (χ2v) is 7.05. The maximum absolute atomic E-state index is 13.2. The van der Waals surface area contributed by atoms with Crippen molar-refractivity contribution >= 4 is 40.6 Å². The molecule has 0 radical (unpaired) electrons. The minimum absolute atomic E-state index is 0.109. The minimum Gasteiger partial charge on any atom is -0.465 e. The Balaban J connectivity index is 1.60. The first kappa shape index (κ1) is 18.9. The van der Waals surface area contributed by atoms with Crippen LogP contribution in [0.15, 0.2) is 53.5 Å². The van der Waals surface area contributed by atoms with Crippen LogP contribution in [0.4, 0.5) is 17.1 Å². The van der Waals surface area contributed by atoms with Gasteiger partial charge < -0.3 is 15.0 Å². The summed E-state index contributed by atoms with van der Waals surface area (Å²) in [5.74, 6) is -1.33. The number of para-hydroxylation sites is 3. The molecule has 148 valence electrons. The van der Waals surface area contributed by atoms with Gasteiger partial charge in [-0.15, -0.1) is 0 Å². The summed E-state index contributed by atoms with van der Waals surface area (Å²) in [6.07, 6.45) is 2.47. The molecule has 1 saturated carbocycles. The number of aliphatic imine (C=N–C) groups is 1. The van der Waals surface area contributed by atoms with Crippen molar-refractivity contribution in [1.82, 2.24) is 0 Å². The van der Waals surface area contributed by atoms with E-state index in [-0.39, 0.29) is 23.9 Å². The normalized spacial score (nSPS) is 17.7. The Morgan fingerprint density at radius 2 is 1.93 bits per heavy atom. The topological polar surface area (TPSA) is 88.1 Å².